The van der Waals surface area contributed by atoms with Gasteiger partial charge in [0.15, 0.2) is 0 Å². The van der Waals surface area contributed by atoms with Gasteiger partial charge in [-0.3, -0.25) is 13.9 Å². The molecule has 218 valence electrons. The summed E-state index contributed by atoms with van der Waals surface area (Å²) in [7, 11) is -3.81. The third-order valence-electron chi connectivity index (χ3n) is 7.51. The maximum atomic E-state index is 14.2. The number of nitrogens with one attached hydrogen (secondary N) is 1. The molecule has 0 spiro atoms. The van der Waals surface area contributed by atoms with Crippen LogP contribution in [0.15, 0.2) is 77.3 Å². The normalized spacial score (nSPS) is 14.4. The standard InChI is InChI=1S/C32H38BrN3O4S/c1-23-16-17-29(24(2)18-23)36(41(3,39)40)22-31(37)35(21-26-12-9-13-27(33)19-26)30(20-25-10-5-4-6-11-25)32(38)34-28-14-7-8-15-28/h4-6,9-13,16-19,28,30H,7-8,14-15,20-22H2,1-3H3,(H,34,38)/t30-/m1/s1. The average molecular weight is 641 g/mol. The molecule has 0 aromatic heterocycles. The van der Waals surface area contributed by atoms with Crippen molar-refractivity contribution >= 4 is 43.5 Å². The lowest BCUT2D eigenvalue weighted by Crippen LogP contribution is -2.54. The molecule has 2 amide bonds. The molecule has 0 bridgehead atoms. The van der Waals surface area contributed by atoms with E-state index in [2.05, 4.69) is 21.2 Å². The van der Waals surface area contributed by atoms with E-state index >= 15 is 0 Å². The molecular formula is C32H38BrN3O4S. The van der Waals surface area contributed by atoms with Crippen LogP contribution in [0.1, 0.15) is 47.9 Å². The van der Waals surface area contributed by atoms with Gasteiger partial charge in [0, 0.05) is 23.5 Å². The summed E-state index contributed by atoms with van der Waals surface area (Å²) in [6.07, 6.45) is 5.37. The van der Waals surface area contributed by atoms with Crippen LogP contribution >= 0.6 is 15.9 Å². The second-order valence-corrected chi connectivity index (χ2v) is 13.7. The van der Waals surface area contributed by atoms with Gasteiger partial charge >= 0.3 is 0 Å². The van der Waals surface area contributed by atoms with Crippen LogP contribution in [0.4, 0.5) is 5.69 Å². The summed E-state index contributed by atoms with van der Waals surface area (Å²) in [6, 6.07) is 21.9. The Hall–Kier alpha value is -3.17. The van der Waals surface area contributed by atoms with Crippen LogP contribution in [-0.2, 0) is 32.6 Å². The van der Waals surface area contributed by atoms with Crippen molar-refractivity contribution in [2.45, 2.75) is 64.6 Å². The largest absolute Gasteiger partial charge is 0.352 e. The minimum absolute atomic E-state index is 0.0753. The zero-order chi connectivity index (χ0) is 29.6. The first-order valence-electron chi connectivity index (χ1n) is 13.9. The van der Waals surface area contributed by atoms with Gasteiger partial charge in [-0.05, 0) is 61.6 Å². The van der Waals surface area contributed by atoms with E-state index in [0.717, 1.165) is 63.0 Å². The lowest BCUT2D eigenvalue weighted by molar-refractivity contribution is -0.140. The molecule has 1 fully saturated rings. The minimum Gasteiger partial charge on any atom is -0.352 e. The molecule has 41 heavy (non-hydrogen) atoms. The summed E-state index contributed by atoms with van der Waals surface area (Å²) < 4.78 is 28.0. The van der Waals surface area contributed by atoms with Gasteiger partial charge in [0.1, 0.15) is 12.6 Å². The molecule has 1 atom stereocenters. The topological polar surface area (TPSA) is 86.8 Å². The summed E-state index contributed by atoms with van der Waals surface area (Å²) >= 11 is 3.51. The molecule has 7 nitrogen and oxygen atoms in total. The molecule has 0 unspecified atom stereocenters. The molecule has 0 saturated heterocycles. The lowest BCUT2D eigenvalue weighted by Gasteiger charge is -2.34. The van der Waals surface area contributed by atoms with Crippen LogP contribution in [0.5, 0.6) is 0 Å². The Balaban J connectivity index is 1.74. The van der Waals surface area contributed by atoms with Gasteiger partial charge in [0.2, 0.25) is 21.8 Å². The number of benzene rings is 3. The van der Waals surface area contributed by atoms with Crippen molar-refractivity contribution in [3.8, 4) is 0 Å². The number of carbonyl (C=O) groups excluding carboxylic acids is 2. The third kappa shape index (κ3) is 8.42. The Morgan fingerprint density at radius 1 is 0.951 bits per heavy atom. The van der Waals surface area contributed by atoms with Crippen LogP contribution < -0.4 is 9.62 Å². The Morgan fingerprint density at radius 3 is 2.27 bits per heavy atom. The predicted octanol–water partition coefficient (Wildman–Crippen LogP) is 5.53. The smallest absolute Gasteiger partial charge is 0.244 e. The minimum atomic E-state index is -3.81. The number of rotatable bonds is 11. The van der Waals surface area contributed by atoms with Gasteiger partial charge < -0.3 is 10.2 Å². The van der Waals surface area contributed by atoms with Gasteiger partial charge in [-0.2, -0.15) is 0 Å². The maximum Gasteiger partial charge on any atom is 0.244 e. The van der Waals surface area contributed by atoms with Crippen LogP contribution in [0, 0.1) is 13.8 Å². The molecule has 3 aromatic rings. The number of amides is 2. The van der Waals surface area contributed by atoms with Crippen molar-refractivity contribution in [3.05, 3.63) is 99.5 Å². The molecule has 0 radical (unpaired) electrons. The Morgan fingerprint density at radius 2 is 1.63 bits per heavy atom. The number of anilines is 1. The fourth-order valence-corrected chi connectivity index (χ4v) is 6.79. The summed E-state index contributed by atoms with van der Waals surface area (Å²) in [5, 5.41) is 3.19. The van der Waals surface area contributed by atoms with Crippen molar-refractivity contribution in [1.82, 2.24) is 10.2 Å². The van der Waals surface area contributed by atoms with E-state index < -0.39 is 28.5 Å². The van der Waals surface area contributed by atoms with Crippen molar-refractivity contribution < 1.29 is 18.0 Å². The molecular weight excluding hydrogens is 602 g/mol. The third-order valence-corrected chi connectivity index (χ3v) is 9.13. The van der Waals surface area contributed by atoms with Gasteiger partial charge in [0.05, 0.1) is 11.9 Å². The Labute approximate surface area is 252 Å². The van der Waals surface area contributed by atoms with Crippen LogP contribution in [-0.4, -0.2) is 50.0 Å². The van der Waals surface area contributed by atoms with Crippen LogP contribution in [0.25, 0.3) is 0 Å². The SMILES string of the molecule is Cc1ccc(N(CC(=O)N(Cc2cccc(Br)c2)[C@H](Cc2ccccc2)C(=O)NC2CCCC2)S(C)(=O)=O)c(C)c1. The summed E-state index contributed by atoms with van der Waals surface area (Å²) in [4.78, 5) is 29.7. The predicted molar refractivity (Wildman–Crippen MR) is 167 cm³/mol. The van der Waals surface area contributed by atoms with Gasteiger partial charge in [-0.1, -0.05) is 88.9 Å². The number of hydrogen-bond acceptors (Lipinski definition) is 4. The number of hydrogen-bond donors (Lipinski definition) is 1. The second kappa shape index (κ2) is 13.7. The van der Waals surface area contributed by atoms with E-state index in [0.29, 0.717) is 12.1 Å². The molecule has 4 rings (SSSR count). The Bertz CT molecular complexity index is 1470. The maximum absolute atomic E-state index is 14.2. The van der Waals surface area contributed by atoms with Gasteiger partial charge in [-0.25, -0.2) is 8.42 Å². The number of carbonyl (C=O) groups is 2. The number of halogens is 1. The quantitative estimate of drug-likeness (QED) is 0.299. The molecule has 0 aliphatic heterocycles. The molecule has 1 aliphatic rings. The molecule has 1 saturated carbocycles. The van der Waals surface area contributed by atoms with E-state index in [1.807, 2.05) is 80.6 Å². The highest BCUT2D eigenvalue weighted by molar-refractivity contribution is 9.10. The Kier molecular flexibility index (Phi) is 10.3. The monoisotopic (exact) mass is 639 g/mol. The van der Waals surface area contributed by atoms with Crippen molar-refractivity contribution in [3.63, 3.8) is 0 Å². The fraction of sp³-hybridized carbons (Fsp3) is 0.375. The van der Waals surface area contributed by atoms with Crippen molar-refractivity contribution in [1.29, 1.82) is 0 Å². The van der Waals surface area contributed by atoms with Gasteiger partial charge in [0.25, 0.3) is 0 Å². The first-order valence-corrected chi connectivity index (χ1v) is 16.6. The highest BCUT2D eigenvalue weighted by Gasteiger charge is 2.34. The zero-order valence-electron chi connectivity index (χ0n) is 23.8. The van der Waals surface area contributed by atoms with Crippen LogP contribution in [0.2, 0.25) is 0 Å². The van der Waals surface area contributed by atoms with Crippen molar-refractivity contribution in [2.24, 2.45) is 0 Å². The molecule has 1 aliphatic carbocycles. The van der Waals surface area contributed by atoms with E-state index in [4.69, 9.17) is 0 Å². The second-order valence-electron chi connectivity index (χ2n) is 10.9. The number of nitrogens with zero attached hydrogens (tertiary/aromatic N) is 2. The highest BCUT2D eigenvalue weighted by Crippen LogP contribution is 2.25. The number of sulfonamides is 1. The average Bonchev–Trinajstić information content (AvgIpc) is 3.42. The molecule has 1 N–H and O–H groups in total. The molecule has 9 heteroatoms. The molecule has 0 heterocycles. The summed E-state index contributed by atoms with van der Waals surface area (Å²) in [5.41, 5.74) is 3.94. The van der Waals surface area contributed by atoms with E-state index in [1.165, 1.54) is 0 Å². The van der Waals surface area contributed by atoms with E-state index in [1.54, 1.807) is 11.0 Å². The zero-order valence-corrected chi connectivity index (χ0v) is 26.2. The molecule has 3 aromatic carbocycles. The first-order chi connectivity index (χ1) is 19.5. The van der Waals surface area contributed by atoms with Gasteiger partial charge in [-0.15, -0.1) is 0 Å². The number of aryl methyl sites for hydroxylation is 2. The van der Waals surface area contributed by atoms with Crippen molar-refractivity contribution in [2.75, 3.05) is 17.1 Å². The summed E-state index contributed by atoms with van der Waals surface area (Å²) in [5.74, 6) is -0.667. The van der Waals surface area contributed by atoms with E-state index in [9.17, 15) is 18.0 Å². The fourth-order valence-electron chi connectivity index (χ4n) is 5.43. The summed E-state index contributed by atoms with van der Waals surface area (Å²) in [6.45, 7) is 3.50. The lowest BCUT2D eigenvalue weighted by atomic mass is 10.0. The first kappa shape index (κ1) is 30.8. The van der Waals surface area contributed by atoms with Crippen LogP contribution in [0.3, 0.4) is 0 Å². The van der Waals surface area contributed by atoms with E-state index in [-0.39, 0.29) is 18.5 Å². The highest BCUT2D eigenvalue weighted by atomic mass is 79.9.